The lowest BCUT2D eigenvalue weighted by atomic mass is 9.87. The first kappa shape index (κ1) is 19.2. The Labute approximate surface area is 158 Å². The van der Waals surface area contributed by atoms with E-state index in [0.29, 0.717) is 17.6 Å². The van der Waals surface area contributed by atoms with Gasteiger partial charge in [-0.1, -0.05) is 6.92 Å². The van der Waals surface area contributed by atoms with Crippen LogP contribution >= 0.6 is 0 Å². The molecule has 0 aliphatic carbocycles. The molecule has 144 valence electrons. The number of carbonyl (C=O) groups excluding carboxylic acids is 1. The van der Waals surface area contributed by atoms with Crippen molar-refractivity contribution >= 4 is 11.7 Å². The fourth-order valence-electron chi connectivity index (χ4n) is 3.43. The second-order valence-electron chi connectivity index (χ2n) is 7.02. The molecule has 1 amide bonds. The zero-order valence-electron chi connectivity index (χ0n) is 15.7. The minimum Gasteiger partial charge on any atom is -0.480 e. The van der Waals surface area contributed by atoms with E-state index in [1.807, 2.05) is 19.1 Å². The van der Waals surface area contributed by atoms with Gasteiger partial charge in [-0.25, -0.2) is 9.37 Å². The van der Waals surface area contributed by atoms with Gasteiger partial charge >= 0.3 is 0 Å². The van der Waals surface area contributed by atoms with Crippen molar-refractivity contribution in [2.75, 3.05) is 25.5 Å². The van der Waals surface area contributed by atoms with E-state index in [0.717, 1.165) is 31.4 Å². The summed E-state index contributed by atoms with van der Waals surface area (Å²) in [6.45, 7) is 5.58. The highest BCUT2D eigenvalue weighted by atomic mass is 19.1. The Hall–Kier alpha value is -2.61. The van der Waals surface area contributed by atoms with Crippen molar-refractivity contribution in [1.29, 1.82) is 0 Å². The Morgan fingerprint density at radius 1 is 1.30 bits per heavy atom. The van der Waals surface area contributed by atoms with Crippen LogP contribution in [0, 0.1) is 11.7 Å². The third-order valence-electron chi connectivity index (χ3n) is 4.88. The number of halogens is 1. The van der Waals surface area contributed by atoms with Gasteiger partial charge in [0.2, 0.25) is 11.8 Å². The minimum absolute atomic E-state index is 0.164. The van der Waals surface area contributed by atoms with Crippen LogP contribution in [0.3, 0.4) is 0 Å². The molecule has 0 spiro atoms. The summed E-state index contributed by atoms with van der Waals surface area (Å²) in [5, 5.41) is 11.1. The normalized spacial score (nSPS) is 21.5. The molecule has 2 aromatic rings. The second kappa shape index (κ2) is 8.39. The first-order valence-corrected chi connectivity index (χ1v) is 9.00. The van der Waals surface area contributed by atoms with Crippen molar-refractivity contribution < 1.29 is 13.9 Å². The van der Waals surface area contributed by atoms with Gasteiger partial charge in [0.1, 0.15) is 11.6 Å². The van der Waals surface area contributed by atoms with E-state index in [4.69, 9.17) is 4.74 Å². The van der Waals surface area contributed by atoms with Gasteiger partial charge in [0.25, 0.3) is 0 Å². The maximum Gasteiger partial charge on any atom is 0.242 e. The molecule has 3 heterocycles. The van der Waals surface area contributed by atoms with Crippen LogP contribution in [0.2, 0.25) is 0 Å². The molecule has 3 rings (SSSR count). The zero-order chi connectivity index (χ0) is 19.4. The van der Waals surface area contributed by atoms with Crippen molar-refractivity contribution in [1.82, 2.24) is 20.1 Å². The summed E-state index contributed by atoms with van der Waals surface area (Å²) < 4.78 is 18.0. The van der Waals surface area contributed by atoms with E-state index in [-0.39, 0.29) is 17.9 Å². The number of anilines is 1. The van der Waals surface area contributed by atoms with Gasteiger partial charge in [-0.3, -0.25) is 9.69 Å². The van der Waals surface area contributed by atoms with Crippen LogP contribution in [0.4, 0.5) is 10.2 Å². The third-order valence-corrected chi connectivity index (χ3v) is 4.88. The van der Waals surface area contributed by atoms with Crippen molar-refractivity contribution in [3.05, 3.63) is 42.0 Å². The number of carbonyl (C=O) groups is 1. The standard InChI is InChI=1S/C19H24FN5O2/c1-12-8-14(16-5-7-18(27-3)24-23-16)11-25(10-12)13(2)19(26)22-17-6-4-15(20)9-21-17/h4-7,9,12-14H,8,10-11H2,1-3H3,(H,21,22,26)/t12?,13-,14?/m0/s1. The maximum atomic E-state index is 13.0. The summed E-state index contributed by atoms with van der Waals surface area (Å²) in [6, 6.07) is 6.12. The van der Waals surface area contributed by atoms with Crippen LogP contribution in [0.5, 0.6) is 5.88 Å². The molecule has 0 radical (unpaired) electrons. The molecule has 1 aliphatic heterocycles. The van der Waals surface area contributed by atoms with E-state index in [9.17, 15) is 9.18 Å². The highest BCUT2D eigenvalue weighted by Crippen LogP contribution is 2.30. The third kappa shape index (κ3) is 4.77. The first-order chi connectivity index (χ1) is 13.0. The number of likely N-dealkylation sites (tertiary alicyclic amines) is 1. The Balaban J connectivity index is 1.66. The topological polar surface area (TPSA) is 80.2 Å². The number of nitrogens with one attached hydrogen (secondary N) is 1. The van der Waals surface area contributed by atoms with Crippen molar-refractivity contribution in [3.63, 3.8) is 0 Å². The minimum atomic E-state index is -0.436. The Kier molecular flexibility index (Phi) is 5.95. The summed E-state index contributed by atoms with van der Waals surface area (Å²) in [5.74, 6) is 0.852. The van der Waals surface area contributed by atoms with Crippen molar-refractivity contribution in [2.24, 2.45) is 5.92 Å². The Morgan fingerprint density at radius 2 is 2.11 bits per heavy atom. The molecule has 8 heteroatoms. The van der Waals surface area contributed by atoms with Crippen LogP contribution in [-0.4, -0.2) is 52.2 Å². The number of methoxy groups -OCH3 is 1. The largest absolute Gasteiger partial charge is 0.480 e. The molecule has 1 fully saturated rings. The zero-order valence-corrected chi connectivity index (χ0v) is 15.7. The summed E-state index contributed by atoms with van der Waals surface area (Å²) >= 11 is 0. The second-order valence-corrected chi connectivity index (χ2v) is 7.02. The maximum absolute atomic E-state index is 13.0. The Bertz CT molecular complexity index is 769. The quantitative estimate of drug-likeness (QED) is 0.867. The molecule has 0 aromatic carbocycles. The fraction of sp³-hybridized carbons (Fsp3) is 0.474. The van der Waals surface area contributed by atoms with Gasteiger partial charge in [-0.15, -0.1) is 5.10 Å². The lowest BCUT2D eigenvalue weighted by Gasteiger charge is -2.38. The molecule has 7 nitrogen and oxygen atoms in total. The van der Waals surface area contributed by atoms with E-state index in [2.05, 4.69) is 32.3 Å². The van der Waals surface area contributed by atoms with Gasteiger partial charge in [0.15, 0.2) is 0 Å². The van der Waals surface area contributed by atoms with Gasteiger partial charge in [-0.05, 0) is 37.5 Å². The van der Waals surface area contributed by atoms with Crippen molar-refractivity contribution in [3.8, 4) is 5.88 Å². The molecule has 1 saturated heterocycles. The van der Waals surface area contributed by atoms with Gasteiger partial charge in [0, 0.05) is 25.1 Å². The molecular formula is C19H24FN5O2. The SMILES string of the molecule is COc1ccc(C2CC(C)CN([C@@H](C)C(=O)Nc3ccc(F)cn3)C2)nn1. The van der Waals surface area contributed by atoms with Crippen LogP contribution in [0.1, 0.15) is 31.9 Å². The van der Waals surface area contributed by atoms with Crippen molar-refractivity contribution in [2.45, 2.75) is 32.2 Å². The lowest BCUT2D eigenvalue weighted by molar-refractivity contribution is -0.121. The van der Waals surface area contributed by atoms with Gasteiger partial charge in [-0.2, -0.15) is 5.10 Å². The monoisotopic (exact) mass is 373 g/mol. The van der Waals surface area contributed by atoms with Crippen LogP contribution in [0.25, 0.3) is 0 Å². The van der Waals surface area contributed by atoms with E-state index in [1.165, 1.54) is 12.1 Å². The first-order valence-electron chi connectivity index (χ1n) is 9.00. The number of aromatic nitrogens is 3. The summed E-state index contributed by atoms with van der Waals surface area (Å²) in [5.41, 5.74) is 0.903. The van der Waals surface area contributed by atoms with Crippen LogP contribution < -0.4 is 10.1 Å². The van der Waals surface area contributed by atoms with Crippen LogP contribution in [0.15, 0.2) is 30.5 Å². The number of hydrogen-bond donors (Lipinski definition) is 1. The highest BCUT2D eigenvalue weighted by molar-refractivity contribution is 5.93. The Morgan fingerprint density at radius 3 is 2.74 bits per heavy atom. The number of amides is 1. The summed E-state index contributed by atoms with van der Waals surface area (Å²) in [6.07, 6.45) is 2.08. The molecule has 0 saturated carbocycles. The summed E-state index contributed by atoms with van der Waals surface area (Å²) in [4.78, 5) is 18.6. The van der Waals surface area contributed by atoms with Gasteiger partial charge in [0.05, 0.1) is 25.0 Å². The number of rotatable bonds is 5. The van der Waals surface area contributed by atoms with E-state index >= 15 is 0 Å². The predicted molar refractivity (Wildman–Crippen MR) is 99.0 cm³/mol. The molecule has 27 heavy (non-hydrogen) atoms. The molecule has 2 aromatic heterocycles. The van der Waals surface area contributed by atoms with E-state index in [1.54, 1.807) is 7.11 Å². The number of nitrogens with zero attached hydrogens (tertiary/aromatic N) is 4. The van der Waals surface area contributed by atoms with Gasteiger partial charge < -0.3 is 10.1 Å². The molecule has 2 unspecified atom stereocenters. The number of ether oxygens (including phenoxy) is 1. The number of hydrogen-bond acceptors (Lipinski definition) is 6. The average molecular weight is 373 g/mol. The molecule has 1 N–H and O–H groups in total. The number of piperidine rings is 1. The average Bonchev–Trinajstić information content (AvgIpc) is 2.68. The molecule has 3 atom stereocenters. The fourth-order valence-corrected chi connectivity index (χ4v) is 3.43. The molecule has 1 aliphatic rings. The van der Waals surface area contributed by atoms with Crippen LogP contribution in [-0.2, 0) is 4.79 Å². The lowest BCUT2D eigenvalue weighted by Crippen LogP contribution is -2.48. The molecular weight excluding hydrogens is 349 g/mol. The smallest absolute Gasteiger partial charge is 0.242 e. The molecule has 0 bridgehead atoms. The predicted octanol–water partition coefficient (Wildman–Crippen LogP) is 2.47. The number of pyridine rings is 1. The summed E-state index contributed by atoms with van der Waals surface area (Å²) in [7, 11) is 1.56. The highest BCUT2D eigenvalue weighted by Gasteiger charge is 2.32. The van der Waals surface area contributed by atoms with E-state index < -0.39 is 5.82 Å².